The van der Waals surface area contributed by atoms with Gasteiger partial charge in [0, 0.05) is 16.7 Å². The molecule has 0 spiro atoms. The Labute approximate surface area is 122 Å². The lowest BCUT2D eigenvalue weighted by Crippen LogP contribution is -2.22. The standard InChI is InChI=1S/C18H11NO2/c1-2-5-11-8-9-14-16(15(11)10-19)18(21)13-7-4-3-6-12(13)17(14)20/h2-4,6-9H,1,5H2. The topological polar surface area (TPSA) is 57.9 Å². The number of allylic oxidation sites excluding steroid dienone is 1. The number of ketones is 2. The van der Waals surface area contributed by atoms with Crippen LogP contribution >= 0.6 is 0 Å². The van der Waals surface area contributed by atoms with Crippen molar-refractivity contribution in [3.63, 3.8) is 0 Å². The summed E-state index contributed by atoms with van der Waals surface area (Å²) in [6, 6.07) is 12.1. The van der Waals surface area contributed by atoms with Crippen molar-refractivity contribution in [2.45, 2.75) is 6.42 Å². The van der Waals surface area contributed by atoms with Crippen molar-refractivity contribution in [2.24, 2.45) is 0 Å². The van der Waals surface area contributed by atoms with Crippen molar-refractivity contribution in [2.75, 3.05) is 0 Å². The highest BCUT2D eigenvalue weighted by Crippen LogP contribution is 2.31. The SMILES string of the molecule is C=CCc1ccc2c(c1C#N)C(=O)c1ccccc1C2=O. The van der Waals surface area contributed by atoms with Crippen LogP contribution in [-0.2, 0) is 6.42 Å². The van der Waals surface area contributed by atoms with Gasteiger partial charge in [-0.1, -0.05) is 36.4 Å². The fourth-order valence-corrected chi connectivity index (χ4v) is 2.68. The quantitative estimate of drug-likeness (QED) is 0.674. The van der Waals surface area contributed by atoms with E-state index in [1.54, 1.807) is 42.5 Å². The molecule has 0 aliphatic heterocycles. The number of rotatable bonds is 2. The van der Waals surface area contributed by atoms with Crippen LogP contribution in [0.2, 0.25) is 0 Å². The zero-order valence-corrected chi connectivity index (χ0v) is 11.2. The molecule has 2 aromatic carbocycles. The molecule has 3 rings (SSSR count). The van der Waals surface area contributed by atoms with Crippen molar-refractivity contribution < 1.29 is 9.59 Å². The summed E-state index contributed by atoms with van der Waals surface area (Å²) in [5, 5.41) is 9.41. The van der Waals surface area contributed by atoms with Crippen LogP contribution in [0.4, 0.5) is 0 Å². The van der Waals surface area contributed by atoms with E-state index in [4.69, 9.17) is 0 Å². The maximum Gasteiger partial charge on any atom is 0.195 e. The molecule has 1 aliphatic carbocycles. The Hall–Kier alpha value is -2.99. The molecular formula is C18H11NO2. The first-order valence-electron chi connectivity index (χ1n) is 6.54. The van der Waals surface area contributed by atoms with Gasteiger partial charge in [-0.2, -0.15) is 5.26 Å². The van der Waals surface area contributed by atoms with Gasteiger partial charge in [0.05, 0.1) is 11.1 Å². The lowest BCUT2D eigenvalue weighted by atomic mass is 9.80. The molecule has 3 nitrogen and oxygen atoms in total. The monoisotopic (exact) mass is 273 g/mol. The minimum absolute atomic E-state index is 0.207. The van der Waals surface area contributed by atoms with E-state index in [2.05, 4.69) is 12.6 Å². The van der Waals surface area contributed by atoms with E-state index >= 15 is 0 Å². The molecule has 0 atom stereocenters. The highest BCUT2D eigenvalue weighted by molar-refractivity contribution is 6.29. The molecule has 0 saturated carbocycles. The summed E-state index contributed by atoms with van der Waals surface area (Å²) in [6.07, 6.45) is 2.16. The molecule has 0 N–H and O–H groups in total. The van der Waals surface area contributed by atoms with Crippen LogP contribution in [0.3, 0.4) is 0 Å². The maximum absolute atomic E-state index is 12.7. The smallest absolute Gasteiger partial charge is 0.195 e. The minimum Gasteiger partial charge on any atom is -0.289 e. The number of nitriles is 1. The van der Waals surface area contributed by atoms with Crippen molar-refractivity contribution in [1.82, 2.24) is 0 Å². The van der Waals surface area contributed by atoms with Gasteiger partial charge in [0.15, 0.2) is 11.6 Å². The van der Waals surface area contributed by atoms with E-state index in [0.29, 0.717) is 28.7 Å². The molecule has 0 aromatic heterocycles. The van der Waals surface area contributed by atoms with E-state index in [1.807, 2.05) is 0 Å². The lowest BCUT2D eigenvalue weighted by molar-refractivity contribution is 0.0979. The van der Waals surface area contributed by atoms with E-state index in [0.717, 1.165) is 0 Å². The van der Waals surface area contributed by atoms with Crippen LogP contribution in [-0.4, -0.2) is 11.6 Å². The van der Waals surface area contributed by atoms with Crippen molar-refractivity contribution in [3.05, 3.63) is 82.4 Å². The Kier molecular flexibility index (Phi) is 3.00. The number of fused-ring (bicyclic) bond motifs is 2. The van der Waals surface area contributed by atoms with E-state index in [1.165, 1.54) is 0 Å². The number of carbonyl (C=O) groups excluding carboxylic acids is 2. The number of benzene rings is 2. The van der Waals surface area contributed by atoms with Gasteiger partial charge in [0.1, 0.15) is 6.07 Å². The van der Waals surface area contributed by atoms with Gasteiger partial charge in [0.2, 0.25) is 0 Å². The van der Waals surface area contributed by atoms with Crippen molar-refractivity contribution >= 4 is 11.6 Å². The number of carbonyl (C=O) groups is 2. The summed E-state index contributed by atoms with van der Waals surface area (Å²) in [7, 11) is 0. The van der Waals surface area contributed by atoms with Gasteiger partial charge in [-0.05, 0) is 18.1 Å². The fraction of sp³-hybridized carbons (Fsp3) is 0.0556. The zero-order valence-electron chi connectivity index (χ0n) is 11.2. The Morgan fingerprint density at radius 3 is 2.29 bits per heavy atom. The Balaban J connectivity index is 2.33. The summed E-state index contributed by atoms with van der Waals surface area (Å²) in [6.45, 7) is 3.65. The summed E-state index contributed by atoms with van der Waals surface area (Å²) in [5.41, 5.74) is 2.29. The summed E-state index contributed by atoms with van der Waals surface area (Å²) < 4.78 is 0. The van der Waals surface area contributed by atoms with Gasteiger partial charge in [-0.3, -0.25) is 9.59 Å². The van der Waals surface area contributed by atoms with Crippen molar-refractivity contribution in [3.8, 4) is 6.07 Å². The van der Waals surface area contributed by atoms with E-state index in [-0.39, 0.29) is 22.7 Å². The summed E-state index contributed by atoms with van der Waals surface area (Å²) >= 11 is 0. The molecule has 21 heavy (non-hydrogen) atoms. The molecule has 2 aromatic rings. The highest BCUT2D eigenvalue weighted by atomic mass is 16.1. The molecule has 0 bridgehead atoms. The zero-order chi connectivity index (χ0) is 15.0. The molecule has 0 saturated heterocycles. The van der Waals surface area contributed by atoms with Gasteiger partial charge < -0.3 is 0 Å². The predicted octanol–water partition coefficient (Wildman–Crippen LogP) is 3.06. The number of nitrogens with zero attached hydrogens (tertiary/aromatic N) is 1. The Morgan fingerprint density at radius 2 is 1.67 bits per heavy atom. The van der Waals surface area contributed by atoms with Crippen molar-refractivity contribution in [1.29, 1.82) is 5.26 Å². The van der Waals surface area contributed by atoms with E-state index in [9.17, 15) is 14.9 Å². The Bertz CT molecular complexity index is 841. The fourth-order valence-electron chi connectivity index (χ4n) is 2.68. The molecule has 3 heteroatoms. The third-order valence-electron chi connectivity index (χ3n) is 3.66. The van der Waals surface area contributed by atoms with Crippen LogP contribution in [0, 0.1) is 11.3 Å². The van der Waals surface area contributed by atoms with Crippen LogP contribution in [0.5, 0.6) is 0 Å². The first-order valence-corrected chi connectivity index (χ1v) is 6.54. The second-order valence-electron chi connectivity index (χ2n) is 4.83. The predicted molar refractivity (Wildman–Crippen MR) is 78.4 cm³/mol. The first kappa shape index (κ1) is 13.0. The van der Waals surface area contributed by atoms with Gasteiger partial charge >= 0.3 is 0 Å². The van der Waals surface area contributed by atoms with E-state index < -0.39 is 0 Å². The molecule has 0 fully saturated rings. The van der Waals surface area contributed by atoms with Gasteiger partial charge in [-0.25, -0.2) is 0 Å². The maximum atomic E-state index is 12.7. The molecule has 0 radical (unpaired) electrons. The second kappa shape index (κ2) is 4.84. The van der Waals surface area contributed by atoms with Gasteiger partial charge in [-0.15, -0.1) is 6.58 Å². The normalized spacial score (nSPS) is 12.3. The average molecular weight is 273 g/mol. The highest BCUT2D eigenvalue weighted by Gasteiger charge is 2.32. The average Bonchev–Trinajstić information content (AvgIpc) is 2.52. The molecule has 0 unspecified atom stereocenters. The third-order valence-corrected chi connectivity index (χ3v) is 3.66. The second-order valence-corrected chi connectivity index (χ2v) is 4.83. The summed E-state index contributed by atoms with van der Waals surface area (Å²) in [5.74, 6) is -0.468. The molecule has 0 heterocycles. The van der Waals surface area contributed by atoms with Crippen LogP contribution in [0.15, 0.2) is 49.1 Å². The van der Waals surface area contributed by atoms with Gasteiger partial charge in [0.25, 0.3) is 0 Å². The summed E-state index contributed by atoms with van der Waals surface area (Å²) in [4.78, 5) is 25.2. The number of hydrogen-bond acceptors (Lipinski definition) is 3. The first-order chi connectivity index (χ1) is 10.2. The molecule has 100 valence electrons. The van der Waals surface area contributed by atoms with Crippen LogP contribution < -0.4 is 0 Å². The molecule has 0 amide bonds. The Morgan fingerprint density at radius 1 is 1.00 bits per heavy atom. The number of hydrogen-bond donors (Lipinski definition) is 0. The lowest BCUT2D eigenvalue weighted by Gasteiger charge is -2.19. The largest absolute Gasteiger partial charge is 0.289 e. The minimum atomic E-state index is -0.261. The molecule has 1 aliphatic rings. The van der Waals surface area contributed by atoms with Crippen LogP contribution in [0.25, 0.3) is 0 Å². The third kappa shape index (κ3) is 1.81. The molecular weight excluding hydrogens is 262 g/mol. The van der Waals surface area contributed by atoms with Crippen LogP contribution in [0.1, 0.15) is 43.0 Å².